The molecule has 5 aromatic carbocycles. The number of furan rings is 1. The zero-order chi connectivity index (χ0) is 44.1. The zero-order valence-electron chi connectivity index (χ0n) is 38.7. The molecule has 4 heterocycles. The van der Waals surface area contributed by atoms with Crippen LogP contribution in [0.3, 0.4) is 0 Å². The Balaban J connectivity index is 0.000000206. The summed E-state index contributed by atoms with van der Waals surface area (Å²) in [6.07, 6.45) is 4.82. The van der Waals surface area contributed by atoms with Crippen molar-refractivity contribution in [2.24, 2.45) is 5.41 Å². The molecular weight excluding hydrogens is 955 g/mol. The van der Waals surface area contributed by atoms with Crippen LogP contribution in [0.4, 0.5) is 0 Å². The second-order valence-electron chi connectivity index (χ2n) is 18.8. The van der Waals surface area contributed by atoms with Crippen molar-refractivity contribution in [3.8, 4) is 44.8 Å². The Kier molecular flexibility index (Phi) is 12.5. The number of hydrogen-bond donors (Lipinski definition) is 0. The minimum Gasteiger partial charge on any atom is -0.498 e. The summed E-state index contributed by atoms with van der Waals surface area (Å²) in [4.78, 5) is 14.4. The molecule has 9 rings (SSSR count). The van der Waals surface area contributed by atoms with Crippen LogP contribution in [0, 0.1) is 38.3 Å². The molecule has 0 amide bonds. The molecule has 0 atom stereocenters. The topological polar surface area (TPSA) is 51.8 Å². The minimum atomic E-state index is -0.800. The molecule has 317 valence electrons. The molecule has 9 aromatic rings. The van der Waals surface area contributed by atoms with Crippen LogP contribution in [0.15, 0.2) is 120 Å². The first-order valence-corrected chi connectivity index (χ1v) is 21.9. The Morgan fingerprint density at radius 2 is 1.48 bits per heavy atom. The van der Waals surface area contributed by atoms with E-state index < -0.39 is 5.89 Å². The number of nitrogens with zero attached hydrogens (tertiary/aromatic N) is 3. The summed E-state index contributed by atoms with van der Waals surface area (Å²) < 4.78 is 16.6. The third-order valence-electron chi connectivity index (χ3n) is 11.1. The Bertz CT molecular complexity index is 3050. The van der Waals surface area contributed by atoms with Gasteiger partial charge in [-0.25, -0.2) is 4.98 Å². The summed E-state index contributed by atoms with van der Waals surface area (Å²) in [5.74, 6) is -0.800. The van der Waals surface area contributed by atoms with Gasteiger partial charge in [-0.15, -0.1) is 64.9 Å². The maximum atomic E-state index is 8.83. The second-order valence-corrected chi connectivity index (χ2v) is 19.8. The van der Waals surface area contributed by atoms with Crippen molar-refractivity contribution in [2.75, 3.05) is 0 Å². The number of benzene rings is 5. The molecule has 0 saturated heterocycles. The number of hydrogen-bond acceptors (Lipinski definition) is 5. The first-order chi connectivity index (χ1) is 29.3. The van der Waals surface area contributed by atoms with Crippen LogP contribution in [-0.4, -0.2) is 15.0 Å². The fourth-order valence-electron chi connectivity index (χ4n) is 7.98. The van der Waals surface area contributed by atoms with Crippen LogP contribution in [0.25, 0.3) is 76.9 Å². The standard InChI is InChI=1S/C33H31N2OS.C23H24N.Ir/c1-18(2)25-17-34-26(16-24(25)28-19(3)10-8-11-20(28)4)23-13-9-12-21-22-14-15-27-29(31(22)36-30(21)23)35-32(37-27)33(5,6)7;1-17-5-9-20(10-6-17)22-15-21(13-14-24-22)19-11-7-18(8-12-19)16-23(2,3)4;/h8-12,14-18H,1-7H3;5-9,11-15H,16H2,1-4H3;/q2*-1;/i18D;;. The molecule has 4 aromatic heterocycles. The maximum Gasteiger partial charge on any atom is 0.148 e. The SMILES string of the molecule is Cc1c[c-]c(-c2cc(-c3ccc(CC(C)(C)C)cc3)ccn2)cc1.[2H]C(C)(C)c1cnc(-c2[c-]ccc3c2oc2c3ccc3sc(C(C)(C)C)nc32)cc1-c1c(C)cccc1C.[Ir]. The van der Waals surface area contributed by atoms with Gasteiger partial charge in [0.25, 0.3) is 0 Å². The van der Waals surface area contributed by atoms with E-state index in [4.69, 9.17) is 15.8 Å². The molecule has 4 nitrogen and oxygen atoms in total. The summed E-state index contributed by atoms with van der Waals surface area (Å²) in [6, 6.07) is 42.7. The van der Waals surface area contributed by atoms with Crippen LogP contribution < -0.4 is 0 Å². The largest absolute Gasteiger partial charge is 0.498 e. The third-order valence-corrected chi connectivity index (χ3v) is 12.5. The predicted molar refractivity (Wildman–Crippen MR) is 259 cm³/mol. The van der Waals surface area contributed by atoms with Gasteiger partial charge in [-0.2, -0.15) is 0 Å². The van der Waals surface area contributed by atoms with Crippen LogP contribution in [0.1, 0.15) is 95.5 Å². The molecule has 6 heteroatoms. The Morgan fingerprint density at radius 1 is 0.758 bits per heavy atom. The predicted octanol–water partition coefficient (Wildman–Crippen LogP) is 15.9. The number of thiazole rings is 1. The van der Waals surface area contributed by atoms with E-state index in [1.54, 1.807) is 11.3 Å². The van der Waals surface area contributed by atoms with E-state index in [0.29, 0.717) is 5.41 Å². The van der Waals surface area contributed by atoms with Gasteiger partial charge >= 0.3 is 0 Å². The molecule has 1 radical (unpaired) electrons. The van der Waals surface area contributed by atoms with Crippen LogP contribution in [0.5, 0.6) is 0 Å². The molecular formula is C56H55IrN3OS-2. The molecule has 0 N–H and O–H groups in total. The van der Waals surface area contributed by atoms with Crippen LogP contribution in [-0.2, 0) is 31.9 Å². The van der Waals surface area contributed by atoms with Crippen molar-refractivity contribution in [1.29, 1.82) is 0 Å². The Morgan fingerprint density at radius 3 is 2.15 bits per heavy atom. The fourth-order valence-corrected chi connectivity index (χ4v) is 9.01. The number of pyridine rings is 2. The maximum absolute atomic E-state index is 8.83. The first-order valence-electron chi connectivity index (χ1n) is 21.6. The Hall–Kier alpha value is -5.26. The minimum absolute atomic E-state index is 0. The average Bonchev–Trinajstić information content (AvgIpc) is 3.84. The van der Waals surface area contributed by atoms with E-state index in [-0.39, 0.29) is 25.5 Å². The molecule has 0 bridgehead atoms. The van der Waals surface area contributed by atoms with Gasteiger partial charge in [0.2, 0.25) is 0 Å². The van der Waals surface area contributed by atoms with Crippen molar-refractivity contribution in [3.63, 3.8) is 0 Å². The monoisotopic (exact) mass is 1010 g/mol. The number of aryl methyl sites for hydroxylation is 3. The van der Waals surface area contributed by atoms with Gasteiger partial charge in [-0.3, -0.25) is 0 Å². The van der Waals surface area contributed by atoms with Crippen molar-refractivity contribution >= 4 is 43.5 Å². The van der Waals surface area contributed by atoms with Gasteiger partial charge in [0.1, 0.15) is 11.1 Å². The summed E-state index contributed by atoms with van der Waals surface area (Å²) in [7, 11) is 0. The van der Waals surface area contributed by atoms with Gasteiger partial charge in [-0.05, 0) is 99.6 Å². The molecule has 0 aliphatic rings. The van der Waals surface area contributed by atoms with E-state index in [0.717, 1.165) is 82.8 Å². The second kappa shape index (κ2) is 17.8. The Labute approximate surface area is 386 Å². The molecule has 0 fully saturated rings. The van der Waals surface area contributed by atoms with E-state index in [1.165, 1.54) is 33.4 Å². The van der Waals surface area contributed by atoms with Gasteiger partial charge in [0, 0.05) is 44.7 Å². The summed E-state index contributed by atoms with van der Waals surface area (Å²) in [5, 5.41) is 3.18. The number of aromatic nitrogens is 3. The summed E-state index contributed by atoms with van der Waals surface area (Å²) in [6.45, 7) is 23.5. The van der Waals surface area contributed by atoms with Gasteiger partial charge in [0.15, 0.2) is 0 Å². The van der Waals surface area contributed by atoms with Gasteiger partial charge in [-0.1, -0.05) is 134 Å². The van der Waals surface area contributed by atoms with Crippen molar-refractivity contribution in [2.45, 2.75) is 93.9 Å². The average molecular weight is 1010 g/mol. The molecule has 0 aliphatic carbocycles. The smallest absolute Gasteiger partial charge is 0.148 e. The van der Waals surface area contributed by atoms with Gasteiger partial charge in [0.05, 0.1) is 15.3 Å². The number of rotatable bonds is 6. The van der Waals surface area contributed by atoms with E-state index >= 15 is 0 Å². The quantitative estimate of drug-likeness (QED) is 0.156. The summed E-state index contributed by atoms with van der Waals surface area (Å²) in [5.41, 5.74) is 16.8. The van der Waals surface area contributed by atoms with Crippen molar-refractivity contribution < 1.29 is 25.9 Å². The van der Waals surface area contributed by atoms with E-state index in [1.807, 2.05) is 38.4 Å². The van der Waals surface area contributed by atoms with E-state index in [9.17, 15) is 0 Å². The molecule has 0 unspecified atom stereocenters. The fraction of sp³-hybridized carbons (Fsp3) is 0.268. The van der Waals surface area contributed by atoms with Crippen molar-refractivity contribution in [1.82, 2.24) is 15.0 Å². The summed E-state index contributed by atoms with van der Waals surface area (Å²) >= 11 is 1.73. The zero-order valence-corrected chi connectivity index (χ0v) is 40.9. The normalized spacial score (nSPS) is 12.3. The third kappa shape index (κ3) is 9.39. The van der Waals surface area contributed by atoms with E-state index in [2.05, 4.69) is 170 Å². The van der Waals surface area contributed by atoms with Crippen LogP contribution in [0.2, 0.25) is 0 Å². The number of fused-ring (bicyclic) bond motifs is 5. The van der Waals surface area contributed by atoms with Crippen molar-refractivity contribution in [3.05, 3.63) is 160 Å². The molecule has 0 aliphatic heterocycles. The molecule has 0 spiro atoms. The van der Waals surface area contributed by atoms with Crippen LogP contribution >= 0.6 is 11.3 Å². The molecule has 62 heavy (non-hydrogen) atoms. The molecule has 0 saturated carbocycles. The van der Waals surface area contributed by atoms with Gasteiger partial charge < -0.3 is 14.4 Å². The first kappa shape index (κ1) is 43.4.